The molecule has 1 aromatic carbocycles. The SMILES string of the molecule is Fc1cc(F)c(F)c(NCc2ncccn2)c1. The summed E-state index contributed by atoms with van der Waals surface area (Å²) in [5, 5.41) is 2.53. The molecule has 0 aliphatic heterocycles. The van der Waals surface area contributed by atoms with E-state index >= 15 is 0 Å². The van der Waals surface area contributed by atoms with Crippen molar-refractivity contribution in [3.63, 3.8) is 0 Å². The standard InChI is InChI=1S/C11H8F3N3/c12-7-4-8(13)11(14)9(5-7)17-6-10-15-2-1-3-16-10/h1-5,17H,6H2. The average molecular weight is 239 g/mol. The first kappa shape index (κ1) is 11.4. The fourth-order valence-corrected chi connectivity index (χ4v) is 1.28. The van der Waals surface area contributed by atoms with E-state index in [4.69, 9.17) is 0 Å². The topological polar surface area (TPSA) is 37.8 Å². The van der Waals surface area contributed by atoms with Crippen LogP contribution in [0.15, 0.2) is 30.6 Å². The number of hydrogen-bond donors (Lipinski definition) is 1. The maximum atomic E-state index is 13.2. The summed E-state index contributed by atoms with van der Waals surface area (Å²) in [4.78, 5) is 7.77. The first-order valence-electron chi connectivity index (χ1n) is 4.81. The van der Waals surface area contributed by atoms with Gasteiger partial charge in [0, 0.05) is 24.5 Å². The van der Waals surface area contributed by atoms with Gasteiger partial charge in [0.2, 0.25) is 0 Å². The molecule has 0 saturated carbocycles. The van der Waals surface area contributed by atoms with E-state index in [9.17, 15) is 13.2 Å². The summed E-state index contributed by atoms with van der Waals surface area (Å²) >= 11 is 0. The molecule has 0 amide bonds. The molecule has 2 rings (SSSR count). The van der Waals surface area contributed by atoms with Gasteiger partial charge in [-0.2, -0.15) is 0 Å². The molecular weight excluding hydrogens is 231 g/mol. The fraction of sp³-hybridized carbons (Fsp3) is 0.0909. The van der Waals surface area contributed by atoms with Crippen LogP contribution >= 0.6 is 0 Å². The summed E-state index contributed by atoms with van der Waals surface area (Å²) in [6, 6.07) is 2.99. The maximum absolute atomic E-state index is 13.2. The van der Waals surface area contributed by atoms with E-state index in [1.54, 1.807) is 6.07 Å². The number of halogens is 3. The smallest absolute Gasteiger partial charge is 0.182 e. The summed E-state index contributed by atoms with van der Waals surface area (Å²) in [7, 11) is 0. The first-order chi connectivity index (χ1) is 8.16. The number of aromatic nitrogens is 2. The summed E-state index contributed by atoms with van der Waals surface area (Å²) in [6.45, 7) is 0.0840. The normalized spacial score (nSPS) is 10.3. The molecule has 0 radical (unpaired) electrons. The van der Waals surface area contributed by atoms with Gasteiger partial charge in [0.05, 0.1) is 12.2 Å². The summed E-state index contributed by atoms with van der Waals surface area (Å²) in [5.41, 5.74) is -0.255. The van der Waals surface area contributed by atoms with Gasteiger partial charge in [0.25, 0.3) is 0 Å². The highest BCUT2D eigenvalue weighted by Crippen LogP contribution is 2.19. The Morgan fingerprint density at radius 3 is 2.47 bits per heavy atom. The van der Waals surface area contributed by atoms with Crippen molar-refractivity contribution in [2.75, 3.05) is 5.32 Å². The molecule has 0 aliphatic rings. The van der Waals surface area contributed by atoms with Crippen molar-refractivity contribution in [3.8, 4) is 0 Å². The Kier molecular flexibility index (Phi) is 3.22. The fourth-order valence-electron chi connectivity index (χ4n) is 1.28. The Bertz CT molecular complexity index is 517. The van der Waals surface area contributed by atoms with Crippen molar-refractivity contribution in [2.45, 2.75) is 6.54 Å². The third-order valence-electron chi connectivity index (χ3n) is 2.05. The van der Waals surface area contributed by atoms with Gasteiger partial charge in [0.1, 0.15) is 11.6 Å². The second-order valence-electron chi connectivity index (χ2n) is 3.27. The van der Waals surface area contributed by atoms with Crippen LogP contribution in [0.1, 0.15) is 5.82 Å². The van der Waals surface area contributed by atoms with Crippen LogP contribution in [-0.4, -0.2) is 9.97 Å². The molecule has 17 heavy (non-hydrogen) atoms. The number of rotatable bonds is 3. The van der Waals surface area contributed by atoms with Crippen molar-refractivity contribution in [2.24, 2.45) is 0 Å². The van der Waals surface area contributed by atoms with Gasteiger partial charge in [-0.1, -0.05) is 0 Å². The van der Waals surface area contributed by atoms with Crippen LogP contribution in [0.25, 0.3) is 0 Å². The molecule has 3 nitrogen and oxygen atoms in total. The van der Waals surface area contributed by atoms with Gasteiger partial charge in [-0.3, -0.25) is 0 Å². The van der Waals surface area contributed by atoms with E-state index in [-0.39, 0.29) is 12.2 Å². The monoisotopic (exact) mass is 239 g/mol. The predicted octanol–water partition coefficient (Wildman–Crippen LogP) is 2.51. The van der Waals surface area contributed by atoms with Crippen LogP contribution in [-0.2, 0) is 6.54 Å². The lowest BCUT2D eigenvalue weighted by atomic mass is 10.3. The number of hydrogen-bond acceptors (Lipinski definition) is 3. The molecule has 2 aromatic rings. The molecule has 0 atom stereocenters. The zero-order chi connectivity index (χ0) is 12.3. The third-order valence-corrected chi connectivity index (χ3v) is 2.05. The Hall–Kier alpha value is -2.11. The van der Waals surface area contributed by atoms with E-state index < -0.39 is 17.5 Å². The molecule has 88 valence electrons. The van der Waals surface area contributed by atoms with E-state index in [1.807, 2.05) is 0 Å². The number of benzene rings is 1. The van der Waals surface area contributed by atoms with Gasteiger partial charge in [-0.15, -0.1) is 0 Å². The maximum Gasteiger partial charge on any atom is 0.182 e. The number of anilines is 1. The lowest BCUT2D eigenvalue weighted by molar-refractivity contribution is 0.497. The van der Waals surface area contributed by atoms with Crippen LogP contribution in [0.4, 0.5) is 18.9 Å². The van der Waals surface area contributed by atoms with Gasteiger partial charge < -0.3 is 5.32 Å². The minimum Gasteiger partial charge on any atom is -0.375 e. The Balaban J connectivity index is 2.14. The minimum absolute atomic E-state index is 0.0840. The Labute approximate surface area is 95.3 Å². The molecule has 0 spiro atoms. The van der Waals surface area contributed by atoms with E-state index in [0.29, 0.717) is 11.9 Å². The zero-order valence-electron chi connectivity index (χ0n) is 8.62. The van der Waals surface area contributed by atoms with E-state index in [2.05, 4.69) is 15.3 Å². The van der Waals surface area contributed by atoms with Crippen LogP contribution in [0.3, 0.4) is 0 Å². The highest BCUT2D eigenvalue weighted by Gasteiger charge is 2.10. The number of nitrogens with one attached hydrogen (secondary N) is 1. The van der Waals surface area contributed by atoms with Gasteiger partial charge in [-0.25, -0.2) is 23.1 Å². The summed E-state index contributed by atoms with van der Waals surface area (Å²) in [5.74, 6) is -2.80. The van der Waals surface area contributed by atoms with Crippen LogP contribution in [0, 0.1) is 17.5 Å². The van der Waals surface area contributed by atoms with Crippen LogP contribution < -0.4 is 5.32 Å². The summed E-state index contributed by atoms with van der Waals surface area (Å²) in [6.07, 6.45) is 3.04. The van der Waals surface area contributed by atoms with Crippen molar-refractivity contribution in [1.29, 1.82) is 0 Å². The van der Waals surface area contributed by atoms with Crippen molar-refractivity contribution in [3.05, 3.63) is 53.9 Å². The highest BCUT2D eigenvalue weighted by molar-refractivity contribution is 5.45. The lowest BCUT2D eigenvalue weighted by Gasteiger charge is -2.07. The molecule has 0 bridgehead atoms. The van der Waals surface area contributed by atoms with E-state index in [1.165, 1.54) is 12.4 Å². The molecule has 6 heteroatoms. The summed E-state index contributed by atoms with van der Waals surface area (Å²) < 4.78 is 39.0. The predicted molar refractivity (Wildman–Crippen MR) is 55.7 cm³/mol. The third kappa shape index (κ3) is 2.72. The molecule has 1 N–H and O–H groups in total. The lowest BCUT2D eigenvalue weighted by Crippen LogP contribution is -2.06. The molecule has 1 heterocycles. The van der Waals surface area contributed by atoms with Crippen LogP contribution in [0.2, 0.25) is 0 Å². The Morgan fingerprint density at radius 1 is 1.06 bits per heavy atom. The molecule has 0 saturated heterocycles. The first-order valence-corrected chi connectivity index (χ1v) is 4.81. The molecule has 0 fully saturated rings. The highest BCUT2D eigenvalue weighted by atomic mass is 19.2. The minimum atomic E-state index is -1.23. The van der Waals surface area contributed by atoms with Gasteiger partial charge in [-0.05, 0) is 6.07 Å². The molecule has 1 aromatic heterocycles. The van der Waals surface area contributed by atoms with Crippen molar-refractivity contribution in [1.82, 2.24) is 9.97 Å². The quantitative estimate of drug-likeness (QED) is 0.836. The zero-order valence-corrected chi connectivity index (χ0v) is 8.62. The van der Waals surface area contributed by atoms with Crippen LogP contribution in [0.5, 0.6) is 0 Å². The van der Waals surface area contributed by atoms with E-state index in [0.717, 1.165) is 6.07 Å². The van der Waals surface area contributed by atoms with Gasteiger partial charge in [0.15, 0.2) is 11.6 Å². The molecular formula is C11H8F3N3. The number of nitrogens with zero attached hydrogens (tertiary/aromatic N) is 2. The van der Waals surface area contributed by atoms with Crippen molar-refractivity contribution < 1.29 is 13.2 Å². The second-order valence-corrected chi connectivity index (χ2v) is 3.27. The van der Waals surface area contributed by atoms with Gasteiger partial charge >= 0.3 is 0 Å². The Morgan fingerprint density at radius 2 is 1.76 bits per heavy atom. The molecule has 0 unspecified atom stereocenters. The second kappa shape index (κ2) is 4.82. The largest absolute Gasteiger partial charge is 0.375 e. The molecule has 0 aliphatic carbocycles. The van der Waals surface area contributed by atoms with Crippen molar-refractivity contribution >= 4 is 5.69 Å². The average Bonchev–Trinajstić information content (AvgIpc) is 2.33.